The van der Waals surface area contributed by atoms with Gasteiger partial charge in [-0.15, -0.1) is 0 Å². The van der Waals surface area contributed by atoms with Gasteiger partial charge < -0.3 is 29.4 Å². The molecule has 11 atom stereocenters. The third kappa shape index (κ3) is 5.39. The van der Waals surface area contributed by atoms with Crippen molar-refractivity contribution < 1.29 is 38.4 Å². The fraction of sp³-hybridized carbons (Fsp3) is 0.872. The molecule has 2 bridgehead atoms. The number of hydrogen-bond acceptors (Lipinski definition) is 8. The summed E-state index contributed by atoms with van der Waals surface area (Å²) in [4.78, 5) is 39.3. The van der Waals surface area contributed by atoms with E-state index in [0.717, 1.165) is 38.5 Å². The predicted molar refractivity (Wildman–Crippen MR) is 181 cm³/mol. The molecule has 48 heavy (non-hydrogen) atoms. The van der Waals surface area contributed by atoms with Crippen molar-refractivity contribution in [2.45, 2.75) is 125 Å². The van der Waals surface area contributed by atoms with Gasteiger partial charge in [0.2, 0.25) is 0 Å². The zero-order valence-electron chi connectivity index (χ0n) is 30.7. The highest BCUT2D eigenvalue weighted by Crippen LogP contribution is 2.75. The van der Waals surface area contributed by atoms with Crippen molar-refractivity contribution in [1.29, 1.82) is 0 Å². The molecule has 5 fully saturated rings. The summed E-state index contributed by atoms with van der Waals surface area (Å²) in [6, 6.07) is 0.218. The first-order valence-electron chi connectivity index (χ1n) is 18.7. The zero-order chi connectivity index (χ0) is 34.9. The molecule has 270 valence electrons. The monoisotopic (exact) mass is 671 g/mol. The maximum Gasteiger partial charge on any atom is 0.320 e. The van der Waals surface area contributed by atoms with E-state index in [9.17, 15) is 19.5 Å². The van der Waals surface area contributed by atoms with E-state index >= 15 is 0 Å². The molecule has 0 aromatic carbocycles. The van der Waals surface area contributed by atoms with Crippen LogP contribution >= 0.6 is 0 Å². The molecule has 2 N–H and O–H groups in total. The fourth-order valence-electron chi connectivity index (χ4n) is 12.4. The second kappa shape index (κ2) is 12.7. The van der Waals surface area contributed by atoms with Gasteiger partial charge in [-0.3, -0.25) is 14.4 Å². The number of aliphatic carboxylic acids is 1. The van der Waals surface area contributed by atoms with Crippen LogP contribution in [0.25, 0.3) is 0 Å². The molecule has 0 aromatic rings. The number of carbonyl (C=O) groups excluding carboxylic acids is 2. The van der Waals surface area contributed by atoms with Crippen LogP contribution in [0.2, 0.25) is 0 Å². The van der Waals surface area contributed by atoms with Gasteiger partial charge >= 0.3 is 17.9 Å². The topological polar surface area (TPSA) is 120 Å². The molecule has 2 saturated heterocycles. The summed E-state index contributed by atoms with van der Waals surface area (Å²) in [6.45, 7) is 19.6. The Hall–Kier alpha value is -1.97. The lowest BCUT2D eigenvalue weighted by atomic mass is 9.34. The standard InChI is InChI=1S/C39H61NO8/c1-23(2)24(3)35(5)15-16-37(7)27-9-10-30-36(6)21-46-22-39(30,28(27)11-14-38(37,8)32(35)34(43)44)19-29(47-25(4)41)33(36)48-31(42)20-40-26-12-17-45-18-13-26/h11,23-24,26-27,29-30,32-33,40H,9-10,12-22H2,1-8H3,(H,43,44)/t24-,27+,29-,30+,32-,33+,35-,36-,37-,38+,39-/m1/s1. The van der Waals surface area contributed by atoms with Gasteiger partial charge in [0.05, 0.1) is 25.7 Å². The van der Waals surface area contributed by atoms with Crippen LogP contribution in [-0.4, -0.2) is 74.2 Å². The normalized spacial score (nSPS) is 44.8. The van der Waals surface area contributed by atoms with Crippen LogP contribution in [0, 0.1) is 56.7 Å². The quantitative estimate of drug-likeness (QED) is 0.230. The van der Waals surface area contributed by atoms with Crippen molar-refractivity contribution in [2.75, 3.05) is 33.0 Å². The lowest BCUT2D eigenvalue weighted by Gasteiger charge is -2.71. The van der Waals surface area contributed by atoms with E-state index in [1.54, 1.807) is 0 Å². The van der Waals surface area contributed by atoms with E-state index in [-0.39, 0.29) is 58.5 Å². The Balaban J connectivity index is 1.34. The summed E-state index contributed by atoms with van der Waals surface area (Å²) in [5.74, 6) is -0.768. The van der Waals surface area contributed by atoms with Gasteiger partial charge in [0, 0.05) is 37.0 Å². The maximum atomic E-state index is 13.4. The minimum Gasteiger partial charge on any atom is -0.481 e. The number of rotatable bonds is 8. The second-order valence-corrected chi connectivity index (χ2v) is 17.9. The van der Waals surface area contributed by atoms with Crippen molar-refractivity contribution >= 4 is 17.9 Å². The van der Waals surface area contributed by atoms with Crippen molar-refractivity contribution in [1.82, 2.24) is 5.32 Å². The highest BCUT2D eigenvalue weighted by atomic mass is 16.6. The van der Waals surface area contributed by atoms with Crippen molar-refractivity contribution in [3.05, 3.63) is 11.6 Å². The van der Waals surface area contributed by atoms with Crippen LogP contribution in [0.4, 0.5) is 0 Å². The first kappa shape index (κ1) is 35.8. The average molecular weight is 672 g/mol. The second-order valence-electron chi connectivity index (χ2n) is 17.9. The van der Waals surface area contributed by atoms with Crippen molar-refractivity contribution in [3.8, 4) is 0 Å². The Kier molecular flexibility index (Phi) is 9.46. The first-order valence-corrected chi connectivity index (χ1v) is 18.7. The Morgan fingerprint density at radius 3 is 2.31 bits per heavy atom. The number of ether oxygens (including phenoxy) is 4. The lowest BCUT2D eigenvalue weighted by Crippen LogP contribution is -2.70. The third-order valence-electron chi connectivity index (χ3n) is 15.4. The van der Waals surface area contributed by atoms with Crippen LogP contribution in [0.1, 0.15) is 107 Å². The van der Waals surface area contributed by atoms with E-state index in [1.165, 1.54) is 12.5 Å². The summed E-state index contributed by atoms with van der Waals surface area (Å²) < 4.78 is 24.4. The highest BCUT2D eigenvalue weighted by Gasteiger charge is 2.72. The van der Waals surface area contributed by atoms with Gasteiger partial charge in [-0.1, -0.05) is 60.1 Å². The molecule has 6 rings (SSSR count). The predicted octanol–water partition coefficient (Wildman–Crippen LogP) is 6.19. The molecule has 2 heterocycles. The van der Waals surface area contributed by atoms with Crippen molar-refractivity contribution in [2.24, 2.45) is 56.7 Å². The molecule has 9 heteroatoms. The molecule has 0 radical (unpaired) electrons. The fourth-order valence-corrected chi connectivity index (χ4v) is 12.4. The first-order chi connectivity index (χ1) is 22.5. The van der Waals surface area contributed by atoms with Gasteiger partial charge in [-0.2, -0.15) is 0 Å². The Labute approximate surface area is 287 Å². The minimum atomic E-state index is -0.667. The molecule has 4 aliphatic carbocycles. The van der Waals surface area contributed by atoms with E-state index < -0.39 is 34.9 Å². The number of allylic oxidation sites excluding steroid dienone is 1. The van der Waals surface area contributed by atoms with E-state index in [2.05, 4.69) is 59.9 Å². The maximum absolute atomic E-state index is 13.4. The van der Waals surface area contributed by atoms with Crippen LogP contribution in [0.15, 0.2) is 11.6 Å². The SMILES string of the molecule is CC(=O)O[C@@H]1C[C@]23COC[C@](C)([C@@H]2CC[C@H]2C3=CC[C@@]3(C)[C@H](C(=O)O)[C@@](C)([C@H](C)C(C)C)CC[C@]23C)[C@H]1OC(=O)CNC1CCOCC1. The largest absolute Gasteiger partial charge is 0.481 e. The number of fused-ring (bicyclic) bond motifs is 3. The third-order valence-corrected chi connectivity index (χ3v) is 15.4. The summed E-state index contributed by atoms with van der Waals surface area (Å²) in [7, 11) is 0. The molecule has 2 aliphatic heterocycles. The number of hydrogen-bond donors (Lipinski definition) is 2. The van der Waals surface area contributed by atoms with Crippen LogP contribution in [0.3, 0.4) is 0 Å². The number of esters is 2. The molecule has 3 saturated carbocycles. The van der Waals surface area contributed by atoms with Crippen LogP contribution in [-0.2, 0) is 33.3 Å². The van der Waals surface area contributed by atoms with E-state index in [1.807, 2.05) is 0 Å². The molecule has 0 unspecified atom stereocenters. The van der Waals surface area contributed by atoms with Gasteiger partial charge in [0.1, 0.15) is 12.2 Å². The molecule has 0 spiro atoms. The minimum absolute atomic E-state index is 0.101. The van der Waals surface area contributed by atoms with E-state index in [0.29, 0.717) is 45.2 Å². The summed E-state index contributed by atoms with van der Waals surface area (Å²) in [5, 5.41) is 14.3. The zero-order valence-corrected chi connectivity index (χ0v) is 30.7. The molecule has 6 aliphatic rings. The van der Waals surface area contributed by atoms with Crippen molar-refractivity contribution in [3.63, 3.8) is 0 Å². The number of nitrogens with one attached hydrogen (secondary N) is 1. The molecular formula is C39H61NO8. The number of carboxylic acids is 1. The Morgan fingerprint density at radius 2 is 1.67 bits per heavy atom. The smallest absolute Gasteiger partial charge is 0.320 e. The summed E-state index contributed by atoms with van der Waals surface area (Å²) in [6.07, 6.45) is 7.92. The summed E-state index contributed by atoms with van der Waals surface area (Å²) in [5.41, 5.74) is -0.458. The Morgan fingerprint density at radius 1 is 0.958 bits per heavy atom. The molecule has 9 nitrogen and oxygen atoms in total. The van der Waals surface area contributed by atoms with Gasteiger partial charge in [-0.05, 0) is 91.3 Å². The molecule has 0 aromatic heterocycles. The Bertz CT molecular complexity index is 1310. The van der Waals surface area contributed by atoms with Gasteiger partial charge in [-0.25, -0.2) is 0 Å². The van der Waals surface area contributed by atoms with E-state index in [4.69, 9.17) is 18.9 Å². The van der Waals surface area contributed by atoms with Crippen LogP contribution < -0.4 is 5.32 Å². The molecule has 0 amide bonds. The highest BCUT2D eigenvalue weighted by molar-refractivity contribution is 5.73. The number of carboxylic acid groups (broad SMARTS) is 1. The number of carbonyl (C=O) groups is 3. The summed E-state index contributed by atoms with van der Waals surface area (Å²) >= 11 is 0. The molecular weight excluding hydrogens is 610 g/mol. The average Bonchev–Trinajstić information content (AvgIpc) is 3.02. The lowest BCUT2D eigenvalue weighted by molar-refractivity contribution is -0.263. The van der Waals surface area contributed by atoms with Gasteiger partial charge in [0.15, 0.2) is 0 Å². The van der Waals surface area contributed by atoms with Crippen LogP contribution in [0.5, 0.6) is 0 Å². The van der Waals surface area contributed by atoms with Gasteiger partial charge in [0.25, 0.3) is 0 Å².